The Kier molecular flexibility index (Phi) is 5.71. The maximum absolute atomic E-state index is 5.72. The van der Waals surface area contributed by atoms with Gasteiger partial charge in [-0.25, -0.2) is 0 Å². The number of nitrogens with zero attached hydrogens (tertiary/aromatic N) is 3. The van der Waals surface area contributed by atoms with Crippen molar-refractivity contribution in [2.75, 3.05) is 31.6 Å². The lowest BCUT2D eigenvalue weighted by atomic mass is 10.3. The van der Waals surface area contributed by atoms with Crippen molar-refractivity contribution in [3.05, 3.63) is 29.9 Å². The zero-order valence-corrected chi connectivity index (χ0v) is 14.5. The van der Waals surface area contributed by atoms with Gasteiger partial charge < -0.3 is 24.6 Å². The van der Waals surface area contributed by atoms with Crippen molar-refractivity contribution in [1.29, 1.82) is 0 Å². The van der Waals surface area contributed by atoms with Crippen molar-refractivity contribution in [2.45, 2.75) is 26.7 Å². The summed E-state index contributed by atoms with van der Waals surface area (Å²) in [5.41, 5.74) is 0.887. The number of nitrogens with one attached hydrogen (secondary N) is 2. The topological polar surface area (TPSA) is 93.8 Å². The Labute approximate surface area is 146 Å². The zero-order chi connectivity index (χ0) is 17.5. The highest BCUT2D eigenvalue weighted by Crippen LogP contribution is 2.32. The monoisotopic (exact) mass is 345 g/mol. The average Bonchev–Trinajstić information content (AvgIpc) is 2.88. The van der Waals surface area contributed by atoms with Crippen molar-refractivity contribution in [3.8, 4) is 11.5 Å². The summed E-state index contributed by atoms with van der Waals surface area (Å²) in [6.07, 6.45) is 1.48. The Morgan fingerprint density at radius 1 is 1.24 bits per heavy atom. The molecule has 1 aromatic heterocycles. The van der Waals surface area contributed by atoms with Crippen molar-refractivity contribution in [3.63, 3.8) is 0 Å². The molecule has 8 heteroatoms. The predicted molar refractivity (Wildman–Crippen MR) is 94.4 cm³/mol. The Balaban J connectivity index is 1.64. The largest absolute Gasteiger partial charge is 0.490 e. The Morgan fingerprint density at radius 3 is 2.84 bits per heavy atom. The van der Waals surface area contributed by atoms with Crippen LogP contribution in [0.2, 0.25) is 0 Å². The van der Waals surface area contributed by atoms with E-state index in [4.69, 9.17) is 14.0 Å². The van der Waals surface area contributed by atoms with E-state index in [0.29, 0.717) is 43.9 Å². The number of ether oxygens (including phenoxy) is 2. The van der Waals surface area contributed by atoms with Gasteiger partial charge in [-0.2, -0.15) is 4.98 Å². The number of benzene rings is 1. The van der Waals surface area contributed by atoms with Gasteiger partial charge in [0.25, 0.3) is 0 Å². The third kappa shape index (κ3) is 4.85. The van der Waals surface area contributed by atoms with Crippen LogP contribution in [0, 0.1) is 6.92 Å². The van der Waals surface area contributed by atoms with Gasteiger partial charge in [-0.05, 0) is 26.0 Å². The summed E-state index contributed by atoms with van der Waals surface area (Å²) in [5, 5.41) is 10.3. The molecule has 1 aliphatic heterocycles. The molecule has 0 atom stereocenters. The third-order valence-electron chi connectivity index (χ3n) is 3.52. The van der Waals surface area contributed by atoms with E-state index >= 15 is 0 Å². The minimum Gasteiger partial charge on any atom is -0.490 e. The highest BCUT2D eigenvalue weighted by Gasteiger charge is 2.11. The maximum atomic E-state index is 5.72. The number of hydrogen-bond acceptors (Lipinski definition) is 6. The van der Waals surface area contributed by atoms with E-state index in [1.807, 2.05) is 25.1 Å². The summed E-state index contributed by atoms with van der Waals surface area (Å²) in [7, 11) is 0. The molecule has 134 valence electrons. The van der Waals surface area contributed by atoms with Crippen LogP contribution in [0.15, 0.2) is 27.7 Å². The predicted octanol–water partition coefficient (Wildman–Crippen LogP) is 2.16. The molecule has 0 bridgehead atoms. The number of anilines is 1. The van der Waals surface area contributed by atoms with E-state index in [0.717, 1.165) is 30.2 Å². The second-order valence-electron chi connectivity index (χ2n) is 5.58. The molecule has 0 radical (unpaired) electrons. The zero-order valence-electron chi connectivity index (χ0n) is 14.5. The fourth-order valence-electron chi connectivity index (χ4n) is 2.39. The lowest BCUT2D eigenvalue weighted by Crippen LogP contribution is -2.30. The van der Waals surface area contributed by atoms with Crippen LogP contribution in [-0.4, -0.2) is 42.4 Å². The van der Waals surface area contributed by atoms with Gasteiger partial charge in [0.05, 0.1) is 19.8 Å². The normalized spacial score (nSPS) is 14.1. The number of aryl methyl sites for hydroxylation is 1. The first-order valence-electron chi connectivity index (χ1n) is 8.49. The summed E-state index contributed by atoms with van der Waals surface area (Å²) >= 11 is 0. The molecule has 2 N–H and O–H groups in total. The van der Waals surface area contributed by atoms with E-state index < -0.39 is 0 Å². The number of aromatic nitrogens is 2. The third-order valence-corrected chi connectivity index (χ3v) is 3.52. The van der Waals surface area contributed by atoms with Crippen LogP contribution in [0.1, 0.15) is 25.1 Å². The molecule has 0 amide bonds. The van der Waals surface area contributed by atoms with Crippen LogP contribution in [0.5, 0.6) is 11.5 Å². The summed E-state index contributed by atoms with van der Waals surface area (Å²) < 4.78 is 16.5. The molecule has 1 aromatic carbocycles. The van der Waals surface area contributed by atoms with Crippen LogP contribution in [0.3, 0.4) is 0 Å². The molecule has 0 aliphatic carbocycles. The number of aliphatic imine (C=N–C) groups is 1. The standard InChI is InChI=1S/C17H23N5O3/c1-3-18-17(19-8-7-16-20-12(2)22-25-16)21-13-5-6-14-15(11-13)24-10-4-9-23-14/h5-6,11H,3-4,7-10H2,1-2H3,(H2,18,19,21). The van der Waals surface area contributed by atoms with Crippen LogP contribution in [-0.2, 0) is 6.42 Å². The Bertz CT molecular complexity index is 729. The van der Waals surface area contributed by atoms with Gasteiger partial charge in [0.15, 0.2) is 23.3 Å². The fraction of sp³-hybridized carbons (Fsp3) is 0.471. The second kappa shape index (κ2) is 8.36. The van der Waals surface area contributed by atoms with E-state index in [2.05, 4.69) is 25.8 Å². The molecule has 0 unspecified atom stereocenters. The highest BCUT2D eigenvalue weighted by atomic mass is 16.5. The van der Waals surface area contributed by atoms with Crippen molar-refractivity contribution in [1.82, 2.24) is 15.5 Å². The second-order valence-corrected chi connectivity index (χ2v) is 5.58. The number of hydrogen-bond donors (Lipinski definition) is 2. The first kappa shape index (κ1) is 17.1. The SMILES string of the molecule is CCNC(=NCCc1nc(C)no1)Nc1ccc2c(c1)OCCCO2. The summed E-state index contributed by atoms with van der Waals surface area (Å²) in [5.74, 6) is 3.44. The lowest BCUT2D eigenvalue weighted by Gasteiger charge is -2.13. The van der Waals surface area contributed by atoms with E-state index in [-0.39, 0.29) is 0 Å². The quantitative estimate of drug-likeness (QED) is 0.633. The van der Waals surface area contributed by atoms with Crippen LogP contribution in [0.25, 0.3) is 0 Å². The van der Waals surface area contributed by atoms with Gasteiger partial charge in [0.1, 0.15) is 0 Å². The van der Waals surface area contributed by atoms with E-state index in [9.17, 15) is 0 Å². The minimum atomic E-state index is 0.543. The minimum absolute atomic E-state index is 0.543. The van der Waals surface area contributed by atoms with Crippen molar-refractivity contribution >= 4 is 11.6 Å². The van der Waals surface area contributed by atoms with Crippen LogP contribution in [0.4, 0.5) is 5.69 Å². The Morgan fingerprint density at radius 2 is 2.08 bits per heavy atom. The van der Waals surface area contributed by atoms with Gasteiger partial charge in [0, 0.05) is 31.1 Å². The van der Waals surface area contributed by atoms with Crippen molar-refractivity contribution < 1.29 is 14.0 Å². The van der Waals surface area contributed by atoms with Crippen LogP contribution >= 0.6 is 0 Å². The molecule has 8 nitrogen and oxygen atoms in total. The lowest BCUT2D eigenvalue weighted by molar-refractivity contribution is 0.297. The molecule has 2 heterocycles. The molecule has 0 saturated carbocycles. The number of rotatable bonds is 5. The van der Waals surface area contributed by atoms with Crippen LogP contribution < -0.4 is 20.1 Å². The molecule has 2 aromatic rings. The van der Waals surface area contributed by atoms with Gasteiger partial charge in [-0.3, -0.25) is 4.99 Å². The molecule has 0 saturated heterocycles. The molecule has 0 fully saturated rings. The summed E-state index contributed by atoms with van der Waals surface area (Å²) in [4.78, 5) is 8.71. The number of guanidine groups is 1. The van der Waals surface area contributed by atoms with E-state index in [1.165, 1.54) is 0 Å². The first-order valence-corrected chi connectivity index (χ1v) is 8.49. The Hall–Kier alpha value is -2.77. The van der Waals surface area contributed by atoms with E-state index in [1.54, 1.807) is 6.92 Å². The maximum Gasteiger partial charge on any atom is 0.228 e. The smallest absolute Gasteiger partial charge is 0.228 e. The molecule has 1 aliphatic rings. The molecular weight excluding hydrogens is 322 g/mol. The molecule has 0 spiro atoms. The summed E-state index contributed by atoms with van der Waals surface area (Å²) in [6.45, 7) is 6.46. The van der Waals surface area contributed by atoms with Crippen molar-refractivity contribution in [2.24, 2.45) is 4.99 Å². The molecular formula is C17H23N5O3. The van der Waals surface area contributed by atoms with Gasteiger partial charge in [0.2, 0.25) is 5.89 Å². The number of fused-ring (bicyclic) bond motifs is 1. The average molecular weight is 345 g/mol. The fourth-order valence-corrected chi connectivity index (χ4v) is 2.39. The highest BCUT2D eigenvalue weighted by molar-refractivity contribution is 5.93. The van der Waals surface area contributed by atoms with Gasteiger partial charge in [-0.1, -0.05) is 5.16 Å². The molecule has 25 heavy (non-hydrogen) atoms. The summed E-state index contributed by atoms with van der Waals surface area (Å²) in [6, 6.07) is 5.78. The van der Waals surface area contributed by atoms with Gasteiger partial charge >= 0.3 is 0 Å². The first-order chi connectivity index (χ1) is 12.2. The molecule has 3 rings (SSSR count). The van der Waals surface area contributed by atoms with Gasteiger partial charge in [-0.15, -0.1) is 0 Å².